The molecule has 8 rings (SSSR count). The minimum Gasteiger partial charge on any atom is -0.313 e. The number of ketones is 1. The molecular weight excluding hydrogens is 440 g/mol. The Labute approximate surface area is 211 Å². The highest BCUT2D eigenvalue weighted by Crippen LogP contribution is 2.62. The van der Waals surface area contributed by atoms with E-state index >= 15 is 0 Å². The first kappa shape index (κ1) is 20.5. The maximum atomic E-state index is 13.4. The van der Waals surface area contributed by atoms with Gasteiger partial charge in [0.1, 0.15) is 5.66 Å². The lowest BCUT2D eigenvalue weighted by atomic mass is 9.62. The van der Waals surface area contributed by atoms with E-state index in [1.54, 1.807) is 0 Å². The zero-order chi connectivity index (χ0) is 23.9. The van der Waals surface area contributed by atoms with Crippen LogP contribution in [0.15, 0.2) is 101 Å². The Morgan fingerprint density at radius 2 is 1.56 bits per heavy atom. The van der Waals surface area contributed by atoms with Crippen LogP contribution in [0.25, 0.3) is 5.70 Å². The monoisotopic (exact) mass is 468 g/mol. The molecule has 2 heterocycles. The summed E-state index contributed by atoms with van der Waals surface area (Å²) in [5.74, 6) is 0.835. The van der Waals surface area contributed by atoms with E-state index in [0.29, 0.717) is 11.8 Å². The lowest BCUT2D eigenvalue weighted by Gasteiger charge is -2.56. The van der Waals surface area contributed by atoms with E-state index in [2.05, 4.69) is 65.6 Å². The van der Waals surface area contributed by atoms with E-state index in [1.165, 1.54) is 40.8 Å². The van der Waals surface area contributed by atoms with Crippen molar-refractivity contribution in [2.24, 2.45) is 10.9 Å². The average Bonchev–Trinajstić information content (AvgIpc) is 3.26. The van der Waals surface area contributed by atoms with Gasteiger partial charge in [0, 0.05) is 34.6 Å². The summed E-state index contributed by atoms with van der Waals surface area (Å²) in [6, 6.07) is 28.1. The van der Waals surface area contributed by atoms with Gasteiger partial charge in [0.05, 0.1) is 17.1 Å². The van der Waals surface area contributed by atoms with Crippen molar-refractivity contribution in [1.82, 2.24) is 4.90 Å². The predicted molar refractivity (Wildman–Crippen MR) is 143 cm³/mol. The lowest BCUT2D eigenvalue weighted by Crippen LogP contribution is -2.55. The molecule has 36 heavy (non-hydrogen) atoms. The zero-order valence-corrected chi connectivity index (χ0v) is 20.3. The number of nitrogens with zero attached hydrogens (tertiary/aromatic N) is 2. The number of rotatable bonds is 1. The van der Waals surface area contributed by atoms with Crippen LogP contribution in [-0.2, 0) is 6.42 Å². The van der Waals surface area contributed by atoms with Gasteiger partial charge in [-0.25, -0.2) is 0 Å². The van der Waals surface area contributed by atoms with Crippen LogP contribution in [-0.4, -0.2) is 22.1 Å². The molecule has 3 atom stereocenters. The van der Waals surface area contributed by atoms with Gasteiger partial charge in [-0.05, 0) is 48.8 Å². The summed E-state index contributed by atoms with van der Waals surface area (Å²) in [5.41, 5.74) is 10.5. The lowest BCUT2D eigenvalue weighted by molar-refractivity contribution is 0.0621. The van der Waals surface area contributed by atoms with Gasteiger partial charge in [-0.2, -0.15) is 0 Å². The fourth-order valence-corrected chi connectivity index (χ4v) is 7.82. The first-order valence-electron chi connectivity index (χ1n) is 13.4. The van der Waals surface area contributed by atoms with Gasteiger partial charge >= 0.3 is 0 Å². The van der Waals surface area contributed by atoms with Crippen molar-refractivity contribution in [2.45, 2.75) is 50.1 Å². The van der Waals surface area contributed by atoms with Crippen LogP contribution < -0.4 is 0 Å². The Balaban J connectivity index is 1.46. The molecule has 3 nitrogen and oxygen atoms in total. The molecule has 0 N–H and O–H groups in total. The average molecular weight is 469 g/mol. The van der Waals surface area contributed by atoms with Crippen molar-refractivity contribution in [3.8, 4) is 0 Å². The van der Waals surface area contributed by atoms with E-state index in [-0.39, 0.29) is 11.4 Å². The highest BCUT2D eigenvalue weighted by molar-refractivity contribution is 6.27. The predicted octanol–water partition coefficient (Wildman–Crippen LogP) is 6.91. The van der Waals surface area contributed by atoms with Crippen molar-refractivity contribution < 1.29 is 4.79 Å². The molecule has 0 bridgehead atoms. The summed E-state index contributed by atoms with van der Waals surface area (Å²) < 4.78 is 0. The molecule has 176 valence electrons. The molecular formula is C33H28N2O. The van der Waals surface area contributed by atoms with Gasteiger partial charge < -0.3 is 4.90 Å². The molecule has 0 radical (unpaired) electrons. The molecule has 1 saturated carbocycles. The Morgan fingerprint density at radius 1 is 0.806 bits per heavy atom. The van der Waals surface area contributed by atoms with Gasteiger partial charge in [0.15, 0.2) is 5.78 Å². The number of aliphatic imine (C=N–C) groups is 1. The summed E-state index contributed by atoms with van der Waals surface area (Å²) in [4.78, 5) is 21.6. The molecule has 1 spiro atoms. The summed E-state index contributed by atoms with van der Waals surface area (Å²) in [7, 11) is 0. The highest BCUT2D eigenvalue weighted by Gasteiger charge is 2.60. The van der Waals surface area contributed by atoms with Gasteiger partial charge in [0.25, 0.3) is 0 Å². The number of allylic oxidation sites excluding steroid dienone is 3. The van der Waals surface area contributed by atoms with E-state index in [4.69, 9.17) is 4.99 Å². The van der Waals surface area contributed by atoms with Crippen molar-refractivity contribution in [1.29, 1.82) is 0 Å². The van der Waals surface area contributed by atoms with E-state index in [9.17, 15) is 4.79 Å². The summed E-state index contributed by atoms with van der Waals surface area (Å²) in [6.45, 7) is 0. The molecule has 1 fully saturated rings. The SMILES string of the molecule is O=C1C=C2C(=N[C@]34CCCC[C@@H]3[C@H](c3ccccc3)C3=C(c5ccccc5CC3)N24)c2ccccc21. The second-order valence-corrected chi connectivity index (χ2v) is 10.9. The van der Waals surface area contributed by atoms with Gasteiger partial charge in [0.2, 0.25) is 0 Å². The molecule has 0 amide bonds. The molecule has 3 aromatic carbocycles. The largest absolute Gasteiger partial charge is 0.313 e. The molecule has 0 unspecified atom stereocenters. The Morgan fingerprint density at radius 3 is 2.42 bits per heavy atom. The second-order valence-electron chi connectivity index (χ2n) is 10.9. The molecule has 3 heteroatoms. The number of carbonyl (C=O) groups is 1. The third-order valence-corrected chi connectivity index (χ3v) is 9.20. The molecule has 3 aliphatic carbocycles. The molecule has 0 saturated heterocycles. The van der Waals surface area contributed by atoms with E-state index in [0.717, 1.165) is 48.2 Å². The molecule has 2 aliphatic heterocycles. The van der Waals surface area contributed by atoms with Crippen LogP contribution in [0.3, 0.4) is 0 Å². The quantitative estimate of drug-likeness (QED) is 0.389. The summed E-state index contributed by atoms with van der Waals surface area (Å²) >= 11 is 0. The topological polar surface area (TPSA) is 32.7 Å². The van der Waals surface area contributed by atoms with Gasteiger partial charge in [-0.3, -0.25) is 9.79 Å². The minimum absolute atomic E-state index is 0.0976. The third-order valence-electron chi connectivity index (χ3n) is 9.20. The third kappa shape index (κ3) is 2.58. The van der Waals surface area contributed by atoms with Crippen molar-refractivity contribution in [3.05, 3.63) is 124 Å². The summed E-state index contributed by atoms with van der Waals surface area (Å²) in [6.07, 6.45) is 8.60. The second kappa shape index (κ2) is 7.39. The highest BCUT2D eigenvalue weighted by atomic mass is 16.1. The van der Waals surface area contributed by atoms with Crippen molar-refractivity contribution in [3.63, 3.8) is 0 Å². The zero-order valence-electron chi connectivity index (χ0n) is 20.3. The number of hydrogen-bond acceptors (Lipinski definition) is 3. The fourth-order valence-electron chi connectivity index (χ4n) is 7.82. The maximum absolute atomic E-state index is 13.4. The van der Waals surface area contributed by atoms with Crippen molar-refractivity contribution >= 4 is 17.2 Å². The Bertz CT molecular complexity index is 1530. The summed E-state index contributed by atoms with van der Waals surface area (Å²) in [5, 5.41) is 0. The van der Waals surface area contributed by atoms with E-state index in [1.807, 2.05) is 24.3 Å². The Kier molecular flexibility index (Phi) is 4.20. The van der Waals surface area contributed by atoms with Crippen LogP contribution >= 0.6 is 0 Å². The van der Waals surface area contributed by atoms with Crippen LogP contribution in [0.4, 0.5) is 0 Å². The van der Waals surface area contributed by atoms with Gasteiger partial charge in [-0.1, -0.05) is 85.3 Å². The van der Waals surface area contributed by atoms with Crippen LogP contribution in [0.2, 0.25) is 0 Å². The van der Waals surface area contributed by atoms with Crippen molar-refractivity contribution in [2.75, 3.05) is 0 Å². The standard InChI is InChI=1S/C33H28N2O/c36-29-20-28-31(25-15-7-6-14-24(25)29)34-33-19-9-8-16-27(33)30(22-11-2-1-3-12-22)26-18-17-21-10-4-5-13-23(21)32(26)35(28)33/h1-7,10-15,20,27,30H,8-9,16-19H2/t27-,30-,33+/m1/s1. The first-order chi connectivity index (χ1) is 17.8. The number of fused-ring (bicyclic) bond motifs is 7. The number of carbonyl (C=O) groups excluding carboxylic acids is 1. The molecule has 5 aliphatic rings. The molecule has 3 aromatic rings. The normalized spacial score (nSPS) is 27.7. The van der Waals surface area contributed by atoms with Gasteiger partial charge in [-0.15, -0.1) is 0 Å². The number of benzene rings is 3. The fraction of sp³-hybridized carbons (Fsp3) is 0.273. The van der Waals surface area contributed by atoms with Crippen LogP contribution in [0.5, 0.6) is 0 Å². The first-order valence-corrected chi connectivity index (χ1v) is 13.4. The maximum Gasteiger partial charge on any atom is 0.188 e. The molecule has 0 aromatic heterocycles. The number of aryl methyl sites for hydroxylation is 1. The van der Waals surface area contributed by atoms with Crippen LogP contribution in [0, 0.1) is 5.92 Å². The number of hydrogen-bond donors (Lipinski definition) is 0. The smallest absolute Gasteiger partial charge is 0.188 e. The van der Waals surface area contributed by atoms with Crippen LogP contribution in [0.1, 0.15) is 70.6 Å². The van der Waals surface area contributed by atoms with E-state index < -0.39 is 0 Å². The Hall–Kier alpha value is -3.72. The minimum atomic E-state index is -0.346.